The highest BCUT2D eigenvalue weighted by Gasteiger charge is 2.17. The third kappa shape index (κ3) is 4.10. The van der Waals surface area contributed by atoms with Crippen molar-refractivity contribution in [2.75, 3.05) is 26.1 Å². The molecule has 1 atom stereocenters. The summed E-state index contributed by atoms with van der Waals surface area (Å²) in [6.45, 7) is 3.47. The van der Waals surface area contributed by atoms with Gasteiger partial charge < -0.3 is 14.2 Å². The average Bonchev–Trinajstić information content (AvgIpc) is 3.22. The first-order chi connectivity index (χ1) is 13.8. The maximum atomic E-state index is 6.08. The lowest BCUT2D eigenvalue weighted by Crippen LogP contribution is -2.25. The van der Waals surface area contributed by atoms with Gasteiger partial charge in [0.1, 0.15) is 12.3 Å². The Morgan fingerprint density at radius 1 is 1.25 bits per heavy atom. The average molecular weight is 400 g/mol. The summed E-state index contributed by atoms with van der Waals surface area (Å²) < 4.78 is 19.4. The lowest BCUT2D eigenvalue weighted by molar-refractivity contribution is -0.0114. The molecule has 6 nitrogen and oxygen atoms in total. The molecule has 7 heteroatoms. The number of hydrogen-bond donors (Lipinski definition) is 0. The number of methoxy groups -OCH3 is 1. The van der Waals surface area contributed by atoms with Crippen LogP contribution in [0.15, 0.2) is 41.8 Å². The van der Waals surface area contributed by atoms with Crippen LogP contribution in [-0.4, -0.2) is 46.5 Å². The van der Waals surface area contributed by atoms with Crippen LogP contribution in [0.25, 0.3) is 16.9 Å². The van der Waals surface area contributed by atoms with Crippen LogP contribution in [0.5, 0.6) is 11.5 Å². The molecule has 28 heavy (non-hydrogen) atoms. The molecule has 1 aliphatic rings. The van der Waals surface area contributed by atoms with Crippen LogP contribution in [0, 0.1) is 0 Å². The minimum atomic E-state index is 0.147. The summed E-state index contributed by atoms with van der Waals surface area (Å²) >= 11 is 1.70. The van der Waals surface area contributed by atoms with Gasteiger partial charge in [0.25, 0.3) is 0 Å². The molecule has 1 aromatic carbocycles. The van der Waals surface area contributed by atoms with Gasteiger partial charge in [-0.3, -0.25) is 4.40 Å². The number of ether oxygens (including phenoxy) is 3. The molecule has 0 saturated carbocycles. The van der Waals surface area contributed by atoms with E-state index in [0.717, 1.165) is 47.3 Å². The standard InChI is InChI=1S/C21H25N3O3S/c1-3-28-21-23-17(13-20-22-9-10-24(20)21)15-7-8-18(25-2)19(12-15)27-14-16-6-4-5-11-26-16/h7-10,12-13,16H,3-6,11,14H2,1-2H3. The fraction of sp³-hybridized carbons (Fsp3) is 0.429. The molecule has 1 fully saturated rings. The highest BCUT2D eigenvalue weighted by Crippen LogP contribution is 2.33. The summed E-state index contributed by atoms with van der Waals surface area (Å²) in [4.78, 5) is 9.28. The first-order valence-corrected chi connectivity index (χ1v) is 10.7. The fourth-order valence-electron chi connectivity index (χ4n) is 3.34. The number of fused-ring (bicyclic) bond motifs is 1. The Labute approximate surface area is 169 Å². The van der Waals surface area contributed by atoms with E-state index < -0.39 is 0 Å². The smallest absolute Gasteiger partial charge is 0.174 e. The second kappa shape index (κ2) is 8.84. The zero-order valence-corrected chi connectivity index (χ0v) is 17.1. The van der Waals surface area contributed by atoms with E-state index in [1.165, 1.54) is 6.42 Å². The Morgan fingerprint density at radius 2 is 2.18 bits per heavy atom. The minimum Gasteiger partial charge on any atom is -0.493 e. The van der Waals surface area contributed by atoms with Gasteiger partial charge in [-0.15, -0.1) is 0 Å². The van der Waals surface area contributed by atoms with E-state index in [2.05, 4.69) is 11.9 Å². The lowest BCUT2D eigenvalue weighted by atomic mass is 10.1. The maximum absolute atomic E-state index is 6.08. The van der Waals surface area contributed by atoms with Crippen LogP contribution in [0.3, 0.4) is 0 Å². The van der Waals surface area contributed by atoms with Gasteiger partial charge in [-0.25, -0.2) is 9.97 Å². The third-order valence-corrected chi connectivity index (χ3v) is 5.62. The van der Waals surface area contributed by atoms with E-state index in [-0.39, 0.29) is 6.10 Å². The van der Waals surface area contributed by atoms with Gasteiger partial charge in [0.2, 0.25) is 0 Å². The van der Waals surface area contributed by atoms with Crippen LogP contribution in [0.2, 0.25) is 0 Å². The van der Waals surface area contributed by atoms with Gasteiger partial charge in [0.15, 0.2) is 16.7 Å². The van der Waals surface area contributed by atoms with E-state index in [1.54, 1.807) is 25.1 Å². The first-order valence-electron chi connectivity index (χ1n) is 9.68. The van der Waals surface area contributed by atoms with Gasteiger partial charge in [0.05, 0.1) is 18.9 Å². The summed E-state index contributed by atoms with van der Waals surface area (Å²) in [5, 5.41) is 0.932. The lowest BCUT2D eigenvalue weighted by Gasteiger charge is -2.23. The van der Waals surface area contributed by atoms with Gasteiger partial charge in [0, 0.05) is 30.6 Å². The van der Waals surface area contributed by atoms with Crippen molar-refractivity contribution in [2.24, 2.45) is 0 Å². The van der Waals surface area contributed by atoms with Crippen molar-refractivity contribution >= 4 is 17.4 Å². The van der Waals surface area contributed by atoms with Gasteiger partial charge in [-0.05, 0) is 43.2 Å². The number of aromatic nitrogens is 3. The van der Waals surface area contributed by atoms with Gasteiger partial charge in [-0.2, -0.15) is 0 Å². The molecule has 4 rings (SSSR count). The molecule has 1 saturated heterocycles. The predicted molar refractivity (Wildman–Crippen MR) is 110 cm³/mol. The Kier molecular flexibility index (Phi) is 6.02. The second-order valence-electron chi connectivity index (χ2n) is 6.68. The van der Waals surface area contributed by atoms with Crippen LogP contribution < -0.4 is 9.47 Å². The highest BCUT2D eigenvalue weighted by atomic mass is 32.2. The second-order valence-corrected chi connectivity index (χ2v) is 7.91. The Balaban J connectivity index is 1.63. The Bertz CT molecular complexity index is 938. The van der Waals surface area contributed by atoms with Crippen LogP contribution >= 0.6 is 11.8 Å². The molecule has 1 unspecified atom stereocenters. The first kappa shape index (κ1) is 19.1. The van der Waals surface area contributed by atoms with Crippen molar-refractivity contribution < 1.29 is 14.2 Å². The minimum absolute atomic E-state index is 0.147. The molecule has 3 aromatic rings. The molecule has 0 bridgehead atoms. The summed E-state index contributed by atoms with van der Waals surface area (Å²) in [5.74, 6) is 2.37. The van der Waals surface area contributed by atoms with Crippen LogP contribution in [0.4, 0.5) is 0 Å². The van der Waals surface area contributed by atoms with Crippen molar-refractivity contribution in [3.63, 3.8) is 0 Å². The van der Waals surface area contributed by atoms with Gasteiger partial charge in [-0.1, -0.05) is 18.7 Å². The zero-order chi connectivity index (χ0) is 19.3. The number of nitrogens with zero attached hydrogens (tertiary/aromatic N) is 3. The molecule has 3 heterocycles. The summed E-state index contributed by atoms with van der Waals surface area (Å²) in [6.07, 6.45) is 7.25. The van der Waals surface area contributed by atoms with E-state index >= 15 is 0 Å². The molecule has 2 aromatic heterocycles. The maximum Gasteiger partial charge on any atom is 0.174 e. The number of imidazole rings is 1. The van der Waals surface area contributed by atoms with Gasteiger partial charge >= 0.3 is 0 Å². The molecule has 1 aliphatic heterocycles. The Morgan fingerprint density at radius 3 is 2.96 bits per heavy atom. The Hall–Kier alpha value is -2.25. The zero-order valence-electron chi connectivity index (χ0n) is 16.3. The summed E-state index contributed by atoms with van der Waals surface area (Å²) in [7, 11) is 1.66. The molecule has 0 spiro atoms. The number of hydrogen-bond acceptors (Lipinski definition) is 6. The van der Waals surface area contributed by atoms with Crippen LogP contribution in [-0.2, 0) is 4.74 Å². The molecule has 148 valence electrons. The molecular formula is C21H25N3O3S. The number of benzene rings is 1. The number of rotatable bonds is 7. The topological polar surface area (TPSA) is 57.9 Å². The molecule has 0 amide bonds. The van der Waals surface area contributed by atoms with E-state index in [4.69, 9.17) is 19.2 Å². The summed E-state index contributed by atoms with van der Waals surface area (Å²) in [5.41, 5.74) is 2.73. The fourth-order valence-corrected chi connectivity index (χ4v) is 4.06. The third-order valence-electron chi connectivity index (χ3n) is 4.79. The molecular weight excluding hydrogens is 374 g/mol. The van der Waals surface area contributed by atoms with Crippen molar-refractivity contribution in [1.29, 1.82) is 0 Å². The SMILES string of the molecule is CCSc1nc(-c2ccc(OC)c(OCC3CCCCO3)c2)cc2nccn12. The largest absolute Gasteiger partial charge is 0.493 e. The summed E-state index contributed by atoms with van der Waals surface area (Å²) in [6, 6.07) is 7.92. The van der Waals surface area contributed by atoms with Crippen molar-refractivity contribution in [3.8, 4) is 22.8 Å². The van der Waals surface area contributed by atoms with Crippen molar-refractivity contribution in [2.45, 2.75) is 37.4 Å². The highest BCUT2D eigenvalue weighted by molar-refractivity contribution is 7.99. The molecule has 0 radical (unpaired) electrons. The van der Waals surface area contributed by atoms with Crippen molar-refractivity contribution in [1.82, 2.24) is 14.4 Å². The van der Waals surface area contributed by atoms with Crippen LogP contribution in [0.1, 0.15) is 26.2 Å². The van der Waals surface area contributed by atoms with Crippen molar-refractivity contribution in [3.05, 3.63) is 36.7 Å². The normalized spacial score (nSPS) is 17.0. The molecule has 0 aliphatic carbocycles. The number of thioether (sulfide) groups is 1. The van der Waals surface area contributed by atoms with E-state index in [1.807, 2.05) is 34.9 Å². The van der Waals surface area contributed by atoms with E-state index in [9.17, 15) is 0 Å². The molecule has 0 N–H and O–H groups in total. The monoisotopic (exact) mass is 399 g/mol. The van der Waals surface area contributed by atoms with E-state index in [0.29, 0.717) is 18.1 Å². The predicted octanol–water partition coefficient (Wildman–Crippen LogP) is 4.46. The quantitative estimate of drug-likeness (QED) is 0.432.